The summed E-state index contributed by atoms with van der Waals surface area (Å²) in [6.07, 6.45) is 9.49. The van der Waals surface area contributed by atoms with Crippen LogP contribution in [-0.4, -0.2) is 20.1 Å². The molecule has 1 heterocycles. The smallest absolute Gasteiger partial charge is 0.143 e. The number of hydrogen-bond acceptors (Lipinski definition) is 3. The SMILES string of the molecule is CCCCCCCc1ccc(O)c(-n2nc3ccc(CCC)cc3n2)c1. The Labute approximate surface area is 155 Å². The molecule has 0 aliphatic rings. The Balaban J connectivity index is 1.79. The molecular weight excluding hydrogens is 322 g/mol. The molecule has 4 heteroatoms. The summed E-state index contributed by atoms with van der Waals surface area (Å²) in [5.74, 6) is 0.217. The fourth-order valence-electron chi connectivity index (χ4n) is 3.33. The highest BCUT2D eigenvalue weighted by atomic mass is 16.3. The molecule has 26 heavy (non-hydrogen) atoms. The van der Waals surface area contributed by atoms with Gasteiger partial charge in [-0.1, -0.05) is 58.1 Å². The van der Waals surface area contributed by atoms with Gasteiger partial charge in [0.15, 0.2) is 0 Å². The van der Waals surface area contributed by atoms with E-state index in [2.05, 4.69) is 36.2 Å². The van der Waals surface area contributed by atoms with Crippen molar-refractivity contribution >= 4 is 11.0 Å². The quantitative estimate of drug-likeness (QED) is 0.511. The normalized spacial score (nSPS) is 11.3. The molecule has 1 aromatic heterocycles. The fraction of sp³-hybridized carbons (Fsp3) is 0.455. The standard InChI is InChI=1S/C22H29N3O/c1-3-5-6-7-8-10-18-12-14-22(26)21(16-18)25-23-19-13-11-17(9-4-2)15-20(19)24-25/h11-16,26H,3-10H2,1-2H3. The average Bonchev–Trinajstić information content (AvgIpc) is 3.06. The van der Waals surface area contributed by atoms with Crippen molar-refractivity contribution in [3.05, 3.63) is 47.5 Å². The summed E-state index contributed by atoms with van der Waals surface area (Å²) in [5, 5.41) is 19.4. The highest BCUT2D eigenvalue weighted by Gasteiger charge is 2.10. The number of aromatic nitrogens is 3. The maximum absolute atomic E-state index is 10.3. The van der Waals surface area contributed by atoms with Gasteiger partial charge in [-0.25, -0.2) is 0 Å². The highest BCUT2D eigenvalue weighted by molar-refractivity contribution is 5.75. The molecule has 0 atom stereocenters. The molecule has 2 aromatic carbocycles. The number of nitrogens with zero attached hydrogens (tertiary/aromatic N) is 3. The fourth-order valence-corrected chi connectivity index (χ4v) is 3.33. The third-order valence-electron chi connectivity index (χ3n) is 4.81. The molecule has 0 saturated heterocycles. The monoisotopic (exact) mass is 351 g/mol. The van der Waals surface area contributed by atoms with Crippen LogP contribution < -0.4 is 0 Å². The van der Waals surface area contributed by atoms with E-state index in [1.807, 2.05) is 18.2 Å². The Morgan fingerprint density at radius 3 is 2.31 bits per heavy atom. The van der Waals surface area contributed by atoms with Gasteiger partial charge in [0, 0.05) is 0 Å². The minimum Gasteiger partial charge on any atom is -0.506 e. The lowest BCUT2D eigenvalue weighted by atomic mass is 10.0. The number of phenols is 1. The summed E-state index contributed by atoms with van der Waals surface area (Å²) in [6, 6.07) is 12.0. The van der Waals surface area contributed by atoms with Crippen molar-refractivity contribution in [3.63, 3.8) is 0 Å². The zero-order valence-electron chi connectivity index (χ0n) is 15.9. The van der Waals surface area contributed by atoms with Gasteiger partial charge >= 0.3 is 0 Å². The summed E-state index contributed by atoms with van der Waals surface area (Å²) in [7, 11) is 0. The maximum Gasteiger partial charge on any atom is 0.143 e. The molecule has 138 valence electrons. The Kier molecular flexibility index (Phi) is 6.26. The van der Waals surface area contributed by atoms with Crippen molar-refractivity contribution in [1.29, 1.82) is 0 Å². The maximum atomic E-state index is 10.3. The van der Waals surface area contributed by atoms with Gasteiger partial charge in [-0.3, -0.25) is 0 Å². The minimum absolute atomic E-state index is 0.217. The zero-order chi connectivity index (χ0) is 18.4. The van der Waals surface area contributed by atoms with Gasteiger partial charge in [0.2, 0.25) is 0 Å². The molecule has 0 unspecified atom stereocenters. The lowest BCUT2D eigenvalue weighted by Gasteiger charge is -2.07. The van der Waals surface area contributed by atoms with Crippen molar-refractivity contribution in [2.24, 2.45) is 0 Å². The van der Waals surface area contributed by atoms with Crippen LogP contribution in [0.15, 0.2) is 36.4 Å². The van der Waals surface area contributed by atoms with E-state index in [4.69, 9.17) is 0 Å². The highest BCUT2D eigenvalue weighted by Crippen LogP contribution is 2.24. The Bertz CT molecular complexity index is 854. The van der Waals surface area contributed by atoms with Crippen LogP contribution in [0.4, 0.5) is 0 Å². The van der Waals surface area contributed by atoms with Gasteiger partial charge in [0.1, 0.15) is 22.5 Å². The van der Waals surface area contributed by atoms with Gasteiger partial charge < -0.3 is 5.11 Å². The average molecular weight is 351 g/mol. The minimum atomic E-state index is 0.217. The molecule has 0 amide bonds. The van der Waals surface area contributed by atoms with Gasteiger partial charge in [0.05, 0.1) is 0 Å². The van der Waals surface area contributed by atoms with Crippen LogP contribution in [0, 0.1) is 0 Å². The number of aryl methyl sites for hydroxylation is 2. The molecule has 4 nitrogen and oxygen atoms in total. The van der Waals surface area contributed by atoms with Crippen LogP contribution in [0.5, 0.6) is 5.75 Å². The molecular formula is C22H29N3O. The number of aromatic hydroxyl groups is 1. The van der Waals surface area contributed by atoms with Gasteiger partial charge in [-0.15, -0.1) is 15.0 Å². The third kappa shape index (κ3) is 4.43. The van der Waals surface area contributed by atoms with Crippen LogP contribution in [0.3, 0.4) is 0 Å². The van der Waals surface area contributed by atoms with E-state index in [0.29, 0.717) is 5.69 Å². The predicted octanol–water partition coefficient (Wildman–Crippen LogP) is 5.59. The van der Waals surface area contributed by atoms with Crippen molar-refractivity contribution in [3.8, 4) is 11.4 Å². The molecule has 0 aliphatic carbocycles. The number of unbranched alkanes of at least 4 members (excludes halogenated alkanes) is 4. The van der Waals surface area contributed by atoms with E-state index < -0.39 is 0 Å². The molecule has 0 radical (unpaired) electrons. The second kappa shape index (κ2) is 8.84. The summed E-state index contributed by atoms with van der Waals surface area (Å²) < 4.78 is 0. The van der Waals surface area contributed by atoms with Crippen LogP contribution in [-0.2, 0) is 12.8 Å². The lowest BCUT2D eigenvalue weighted by molar-refractivity contribution is 0.467. The number of phenolic OH excluding ortho intramolecular Hbond substituents is 1. The van der Waals surface area contributed by atoms with Crippen LogP contribution in [0.1, 0.15) is 63.5 Å². The molecule has 0 spiro atoms. The van der Waals surface area contributed by atoms with Crippen LogP contribution in [0.25, 0.3) is 16.7 Å². The molecule has 1 N–H and O–H groups in total. The number of fused-ring (bicyclic) bond motifs is 1. The van der Waals surface area contributed by atoms with Gasteiger partial charge in [-0.2, -0.15) is 0 Å². The molecule has 0 aliphatic heterocycles. The molecule has 3 rings (SSSR count). The molecule has 0 saturated carbocycles. The third-order valence-corrected chi connectivity index (χ3v) is 4.81. The first kappa shape index (κ1) is 18.4. The number of benzene rings is 2. The van der Waals surface area contributed by atoms with E-state index in [1.54, 1.807) is 10.9 Å². The second-order valence-electron chi connectivity index (χ2n) is 7.05. The first-order valence-electron chi connectivity index (χ1n) is 9.89. The first-order chi connectivity index (χ1) is 12.7. The molecule has 3 aromatic rings. The molecule has 0 fully saturated rings. The Morgan fingerprint density at radius 1 is 0.769 bits per heavy atom. The van der Waals surface area contributed by atoms with E-state index in [-0.39, 0.29) is 5.75 Å². The van der Waals surface area contributed by atoms with Crippen LogP contribution >= 0.6 is 0 Å². The predicted molar refractivity (Wildman–Crippen MR) is 107 cm³/mol. The zero-order valence-corrected chi connectivity index (χ0v) is 15.9. The summed E-state index contributed by atoms with van der Waals surface area (Å²) in [6.45, 7) is 4.41. The Hall–Kier alpha value is -2.36. The summed E-state index contributed by atoms with van der Waals surface area (Å²) in [4.78, 5) is 1.57. The topological polar surface area (TPSA) is 50.9 Å². The summed E-state index contributed by atoms with van der Waals surface area (Å²) in [5.41, 5.74) is 4.89. The first-order valence-corrected chi connectivity index (χ1v) is 9.89. The van der Waals surface area contributed by atoms with Gasteiger partial charge in [0.25, 0.3) is 0 Å². The van der Waals surface area contributed by atoms with E-state index in [9.17, 15) is 5.11 Å². The number of rotatable bonds is 9. The van der Waals surface area contributed by atoms with Crippen LogP contribution in [0.2, 0.25) is 0 Å². The second-order valence-corrected chi connectivity index (χ2v) is 7.05. The number of hydrogen-bond donors (Lipinski definition) is 1. The lowest BCUT2D eigenvalue weighted by Crippen LogP contribution is -2.00. The van der Waals surface area contributed by atoms with Crippen molar-refractivity contribution in [1.82, 2.24) is 15.0 Å². The van der Waals surface area contributed by atoms with Crippen molar-refractivity contribution < 1.29 is 5.11 Å². The summed E-state index contributed by atoms with van der Waals surface area (Å²) >= 11 is 0. The molecule has 0 bridgehead atoms. The van der Waals surface area contributed by atoms with E-state index in [1.165, 1.54) is 43.2 Å². The largest absolute Gasteiger partial charge is 0.506 e. The van der Waals surface area contributed by atoms with E-state index >= 15 is 0 Å². The van der Waals surface area contributed by atoms with Gasteiger partial charge in [-0.05, 0) is 54.7 Å². The Morgan fingerprint density at radius 2 is 1.50 bits per heavy atom. The van der Waals surface area contributed by atoms with Crippen molar-refractivity contribution in [2.45, 2.75) is 65.2 Å². The van der Waals surface area contributed by atoms with E-state index in [0.717, 1.165) is 30.3 Å². The van der Waals surface area contributed by atoms with Crippen molar-refractivity contribution in [2.75, 3.05) is 0 Å².